The van der Waals surface area contributed by atoms with Gasteiger partial charge in [0.2, 0.25) is 11.2 Å². The fourth-order valence-corrected chi connectivity index (χ4v) is 4.34. The van der Waals surface area contributed by atoms with E-state index >= 15 is 0 Å². The van der Waals surface area contributed by atoms with Crippen molar-refractivity contribution in [3.8, 4) is 5.75 Å². The van der Waals surface area contributed by atoms with Crippen LogP contribution in [0.2, 0.25) is 0 Å². The van der Waals surface area contributed by atoms with E-state index in [4.69, 9.17) is 13.9 Å². The van der Waals surface area contributed by atoms with Crippen molar-refractivity contribution in [2.24, 2.45) is 5.92 Å². The number of amides is 1. The maximum atomic E-state index is 12.5. The number of carbonyl (C=O) groups excluding carboxylic acids is 1. The molecule has 1 amide bonds. The van der Waals surface area contributed by atoms with Gasteiger partial charge in [0.15, 0.2) is 0 Å². The first-order valence-electron chi connectivity index (χ1n) is 11.3. The van der Waals surface area contributed by atoms with Crippen molar-refractivity contribution in [3.05, 3.63) is 63.7 Å². The molecule has 0 spiro atoms. The van der Waals surface area contributed by atoms with E-state index in [1.807, 2.05) is 32.9 Å². The molecule has 32 heavy (non-hydrogen) atoms. The van der Waals surface area contributed by atoms with Gasteiger partial charge in [-0.15, -0.1) is 0 Å². The van der Waals surface area contributed by atoms with Gasteiger partial charge in [0, 0.05) is 24.7 Å². The Hall–Kier alpha value is -2.80. The minimum atomic E-state index is -0.388. The van der Waals surface area contributed by atoms with E-state index in [9.17, 15) is 9.59 Å². The number of benzene rings is 1. The molecule has 2 unspecified atom stereocenters. The van der Waals surface area contributed by atoms with Gasteiger partial charge in [0.05, 0.1) is 13.2 Å². The van der Waals surface area contributed by atoms with Crippen molar-refractivity contribution < 1.29 is 18.7 Å². The lowest BCUT2D eigenvalue weighted by Crippen LogP contribution is -2.42. The second-order valence-electron chi connectivity index (χ2n) is 9.88. The van der Waals surface area contributed by atoms with Crippen LogP contribution in [0.15, 0.2) is 45.8 Å². The zero-order chi connectivity index (χ0) is 22.7. The van der Waals surface area contributed by atoms with Crippen LogP contribution in [0.1, 0.15) is 56.9 Å². The molecular formula is C25H32N2O5. The molecule has 7 heteroatoms. The molecule has 1 saturated carbocycles. The highest BCUT2D eigenvalue weighted by atomic mass is 16.6. The number of alkyl carbamates (subject to hydrolysis) is 1. The van der Waals surface area contributed by atoms with Gasteiger partial charge in [-0.25, -0.2) is 4.79 Å². The van der Waals surface area contributed by atoms with Crippen molar-refractivity contribution >= 4 is 6.09 Å². The standard InChI is InChI=1S/C25H32N2O5/c1-25(2,3)26-24(29)32-20-9-8-17(10-20)15-31-23-16-30-21(11-22(23)28)14-27-12-18-6-4-5-7-19(18)13-27/h4-7,11,16-17,20H,8-10,12-15H2,1-3H3,(H,26,29). The number of fused-ring (bicyclic) bond motifs is 1. The minimum absolute atomic E-state index is 0.116. The SMILES string of the molecule is CC(C)(C)NC(=O)OC1CCC(COc2coc(CN3Cc4ccccc4C3)cc2=O)C1. The predicted octanol–water partition coefficient (Wildman–Crippen LogP) is 4.23. The number of nitrogens with zero attached hydrogens (tertiary/aromatic N) is 1. The molecule has 1 N–H and O–H groups in total. The first-order chi connectivity index (χ1) is 15.2. The summed E-state index contributed by atoms with van der Waals surface area (Å²) in [6, 6.07) is 9.90. The van der Waals surface area contributed by atoms with Crippen LogP contribution in [-0.4, -0.2) is 29.2 Å². The summed E-state index contributed by atoms with van der Waals surface area (Å²) >= 11 is 0. The smallest absolute Gasteiger partial charge is 0.407 e. The highest BCUT2D eigenvalue weighted by Crippen LogP contribution is 2.29. The van der Waals surface area contributed by atoms with Gasteiger partial charge >= 0.3 is 6.09 Å². The normalized spacial score (nSPS) is 20.7. The Labute approximate surface area is 188 Å². The van der Waals surface area contributed by atoms with E-state index in [2.05, 4.69) is 22.3 Å². The number of nitrogens with one attached hydrogen (secondary N) is 1. The fourth-order valence-electron chi connectivity index (χ4n) is 4.34. The maximum absolute atomic E-state index is 12.5. The van der Waals surface area contributed by atoms with E-state index in [-0.39, 0.29) is 34.8 Å². The Morgan fingerprint density at radius 2 is 1.91 bits per heavy atom. The Balaban J connectivity index is 1.23. The molecule has 2 aliphatic rings. The number of carbonyl (C=O) groups is 1. The average Bonchev–Trinajstić information content (AvgIpc) is 3.31. The van der Waals surface area contributed by atoms with Gasteiger partial charge in [0.1, 0.15) is 18.1 Å². The van der Waals surface area contributed by atoms with Crippen LogP contribution in [0.4, 0.5) is 4.79 Å². The molecule has 0 saturated heterocycles. The van der Waals surface area contributed by atoms with Crippen LogP contribution in [0, 0.1) is 5.92 Å². The third kappa shape index (κ3) is 5.91. The van der Waals surface area contributed by atoms with Crippen molar-refractivity contribution in [1.82, 2.24) is 10.2 Å². The fraction of sp³-hybridized carbons (Fsp3) is 0.520. The van der Waals surface area contributed by atoms with Crippen LogP contribution in [-0.2, 0) is 24.4 Å². The van der Waals surface area contributed by atoms with Crippen molar-refractivity contribution in [3.63, 3.8) is 0 Å². The topological polar surface area (TPSA) is 81.0 Å². The number of hydrogen-bond donors (Lipinski definition) is 1. The van der Waals surface area contributed by atoms with Crippen molar-refractivity contribution in [1.29, 1.82) is 0 Å². The van der Waals surface area contributed by atoms with Crippen LogP contribution >= 0.6 is 0 Å². The molecule has 1 aliphatic carbocycles. The van der Waals surface area contributed by atoms with Crippen LogP contribution in [0.5, 0.6) is 5.75 Å². The molecule has 2 atom stereocenters. The third-order valence-corrected chi connectivity index (χ3v) is 5.86. The van der Waals surface area contributed by atoms with Gasteiger partial charge in [0.25, 0.3) is 0 Å². The highest BCUT2D eigenvalue weighted by molar-refractivity contribution is 5.68. The third-order valence-electron chi connectivity index (χ3n) is 5.86. The lowest BCUT2D eigenvalue weighted by atomic mass is 10.1. The van der Waals surface area contributed by atoms with E-state index < -0.39 is 0 Å². The molecule has 1 aromatic carbocycles. The van der Waals surface area contributed by atoms with E-state index in [0.29, 0.717) is 18.9 Å². The Morgan fingerprint density at radius 1 is 1.19 bits per heavy atom. The van der Waals surface area contributed by atoms with Crippen LogP contribution in [0.3, 0.4) is 0 Å². The van der Waals surface area contributed by atoms with Gasteiger partial charge < -0.3 is 19.2 Å². The Bertz CT molecular complexity index is 985. The molecule has 4 rings (SSSR count). The quantitative estimate of drug-likeness (QED) is 0.724. The number of hydrogen-bond acceptors (Lipinski definition) is 6. The summed E-state index contributed by atoms with van der Waals surface area (Å²) in [7, 11) is 0. The first-order valence-corrected chi connectivity index (χ1v) is 11.3. The second kappa shape index (κ2) is 9.36. The molecule has 172 valence electrons. The zero-order valence-electron chi connectivity index (χ0n) is 19.1. The molecule has 0 radical (unpaired) electrons. The summed E-state index contributed by atoms with van der Waals surface area (Å²) < 4.78 is 17.0. The summed E-state index contributed by atoms with van der Waals surface area (Å²) in [6.45, 7) is 8.46. The molecule has 1 fully saturated rings. The van der Waals surface area contributed by atoms with Crippen LogP contribution in [0.25, 0.3) is 0 Å². The maximum Gasteiger partial charge on any atom is 0.407 e. The molecule has 2 heterocycles. The van der Waals surface area contributed by atoms with Gasteiger partial charge in [-0.05, 0) is 57.1 Å². The molecule has 0 bridgehead atoms. The lowest BCUT2D eigenvalue weighted by Gasteiger charge is -2.22. The van der Waals surface area contributed by atoms with Crippen molar-refractivity contribution in [2.45, 2.75) is 71.3 Å². The molecule has 7 nitrogen and oxygen atoms in total. The molecule has 1 aromatic heterocycles. The van der Waals surface area contributed by atoms with Crippen LogP contribution < -0.4 is 15.5 Å². The molecular weight excluding hydrogens is 408 g/mol. The largest absolute Gasteiger partial charge is 0.486 e. The monoisotopic (exact) mass is 440 g/mol. The average molecular weight is 441 g/mol. The second-order valence-corrected chi connectivity index (χ2v) is 9.88. The lowest BCUT2D eigenvalue weighted by molar-refractivity contribution is 0.0903. The van der Waals surface area contributed by atoms with Gasteiger partial charge in [-0.1, -0.05) is 24.3 Å². The predicted molar refractivity (Wildman–Crippen MR) is 120 cm³/mol. The number of rotatable bonds is 6. The van der Waals surface area contributed by atoms with Gasteiger partial charge in [-0.2, -0.15) is 0 Å². The summed E-state index contributed by atoms with van der Waals surface area (Å²) in [6.07, 6.45) is 3.34. The first kappa shape index (κ1) is 22.4. The molecule has 1 aliphatic heterocycles. The van der Waals surface area contributed by atoms with E-state index in [1.54, 1.807) is 0 Å². The van der Waals surface area contributed by atoms with E-state index in [1.165, 1.54) is 23.5 Å². The Kier molecular flexibility index (Phi) is 6.55. The van der Waals surface area contributed by atoms with Gasteiger partial charge in [-0.3, -0.25) is 9.69 Å². The minimum Gasteiger partial charge on any atom is -0.486 e. The van der Waals surface area contributed by atoms with E-state index in [0.717, 1.165) is 32.4 Å². The highest BCUT2D eigenvalue weighted by Gasteiger charge is 2.29. The zero-order valence-corrected chi connectivity index (χ0v) is 19.1. The summed E-state index contributed by atoms with van der Waals surface area (Å²) in [4.78, 5) is 26.7. The summed E-state index contributed by atoms with van der Waals surface area (Å²) in [5.41, 5.74) is 2.16. The summed E-state index contributed by atoms with van der Waals surface area (Å²) in [5, 5.41) is 2.81. The van der Waals surface area contributed by atoms with Crippen molar-refractivity contribution in [2.75, 3.05) is 6.61 Å². The summed E-state index contributed by atoms with van der Waals surface area (Å²) in [5.74, 6) is 1.10. The Morgan fingerprint density at radius 3 is 2.56 bits per heavy atom. The number of ether oxygens (including phenoxy) is 2. The molecule has 2 aromatic rings.